The molecule has 0 saturated carbocycles. The molecule has 2 atom stereocenters. The van der Waals surface area contributed by atoms with Gasteiger partial charge in [0.15, 0.2) is 17.4 Å². The van der Waals surface area contributed by atoms with Crippen molar-refractivity contribution in [1.82, 2.24) is 4.90 Å². The maximum Gasteiger partial charge on any atom is 0.169 e. The molecule has 1 aromatic rings. The van der Waals surface area contributed by atoms with E-state index in [-0.39, 0.29) is 5.92 Å². The Morgan fingerprint density at radius 1 is 1.14 bits per heavy atom. The van der Waals surface area contributed by atoms with Crippen molar-refractivity contribution in [2.45, 2.75) is 44.2 Å². The average molecular weight is 297 g/mol. The number of carbonyl (C=O) groups excluding carboxylic acids is 1. The maximum absolute atomic E-state index is 13.8. The summed E-state index contributed by atoms with van der Waals surface area (Å²) in [5.74, 6) is -4.24. The van der Waals surface area contributed by atoms with Crippen LogP contribution in [0.2, 0.25) is 0 Å². The quantitative estimate of drug-likeness (QED) is 0.614. The fourth-order valence-corrected chi connectivity index (χ4v) is 3.79. The number of carbonyl (C=O) groups is 1. The Balaban J connectivity index is 1.86. The number of ketones is 1. The largest absolute Gasteiger partial charge is 0.300 e. The van der Waals surface area contributed by atoms with Gasteiger partial charge in [-0.25, -0.2) is 13.2 Å². The number of rotatable bonds is 2. The number of Topliss-reactive ketones (excluding diaryl/α,β-unsaturated/α-hetero) is 1. The summed E-state index contributed by atoms with van der Waals surface area (Å²) >= 11 is 0. The smallest absolute Gasteiger partial charge is 0.169 e. The molecule has 3 rings (SSSR count). The van der Waals surface area contributed by atoms with E-state index in [1.54, 1.807) is 0 Å². The van der Waals surface area contributed by atoms with Gasteiger partial charge in [-0.2, -0.15) is 0 Å². The Morgan fingerprint density at radius 2 is 1.76 bits per heavy atom. The molecule has 0 aromatic heterocycles. The summed E-state index contributed by atoms with van der Waals surface area (Å²) < 4.78 is 40.3. The molecule has 21 heavy (non-hydrogen) atoms. The average Bonchev–Trinajstić information content (AvgIpc) is 2.41. The van der Waals surface area contributed by atoms with E-state index in [1.165, 1.54) is 0 Å². The van der Waals surface area contributed by atoms with E-state index < -0.39 is 28.8 Å². The summed E-state index contributed by atoms with van der Waals surface area (Å²) in [5, 5.41) is 0. The normalized spacial score (nSPS) is 29.4. The SMILES string of the molecule is CN1C2CCCC1CC(C(=O)c1cc(F)cc(F)c1F)C2. The molecule has 2 bridgehead atoms. The molecule has 2 unspecified atom stereocenters. The van der Waals surface area contributed by atoms with Crippen molar-refractivity contribution in [3.8, 4) is 0 Å². The maximum atomic E-state index is 13.8. The topological polar surface area (TPSA) is 20.3 Å². The molecule has 0 N–H and O–H groups in total. The van der Waals surface area contributed by atoms with Gasteiger partial charge in [0.2, 0.25) is 0 Å². The molecule has 114 valence electrons. The predicted molar refractivity (Wildman–Crippen MR) is 72.6 cm³/mol. The predicted octanol–water partition coefficient (Wildman–Crippen LogP) is 3.55. The molecule has 2 nitrogen and oxygen atoms in total. The lowest BCUT2D eigenvalue weighted by molar-refractivity contribution is 0.0336. The van der Waals surface area contributed by atoms with Gasteiger partial charge in [0.25, 0.3) is 0 Å². The van der Waals surface area contributed by atoms with Crippen LogP contribution in [0, 0.1) is 23.4 Å². The minimum absolute atomic E-state index is 0.313. The zero-order valence-electron chi connectivity index (χ0n) is 11.9. The van der Waals surface area contributed by atoms with Crippen LogP contribution in [0.4, 0.5) is 13.2 Å². The lowest BCUT2D eigenvalue weighted by Crippen LogP contribution is -2.51. The van der Waals surface area contributed by atoms with Crippen LogP contribution in [0.1, 0.15) is 42.5 Å². The first kappa shape index (κ1) is 14.6. The lowest BCUT2D eigenvalue weighted by Gasteiger charge is -2.46. The van der Waals surface area contributed by atoms with Crippen molar-refractivity contribution in [2.75, 3.05) is 7.05 Å². The Kier molecular flexibility index (Phi) is 3.78. The zero-order valence-corrected chi connectivity index (χ0v) is 11.9. The second-order valence-electron chi connectivity index (χ2n) is 6.19. The number of halogens is 3. The first-order valence-corrected chi connectivity index (χ1v) is 7.38. The highest BCUT2D eigenvalue weighted by Gasteiger charge is 2.39. The van der Waals surface area contributed by atoms with Gasteiger partial charge in [-0.1, -0.05) is 6.42 Å². The van der Waals surface area contributed by atoms with Gasteiger partial charge < -0.3 is 4.90 Å². The van der Waals surface area contributed by atoms with Crippen molar-refractivity contribution in [2.24, 2.45) is 5.92 Å². The van der Waals surface area contributed by atoms with Crippen LogP contribution in [0.5, 0.6) is 0 Å². The molecule has 5 heteroatoms. The number of hydrogen-bond acceptors (Lipinski definition) is 2. The summed E-state index contributed by atoms with van der Waals surface area (Å²) in [6.07, 6.45) is 4.48. The van der Waals surface area contributed by atoms with Crippen molar-refractivity contribution < 1.29 is 18.0 Å². The lowest BCUT2D eigenvalue weighted by atomic mass is 9.76. The van der Waals surface area contributed by atoms with E-state index >= 15 is 0 Å². The molecular weight excluding hydrogens is 279 g/mol. The highest BCUT2D eigenvalue weighted by Crippen LogP contribution is 2.37. The fraction of sp³-hybridized carbons (Fsp3) is 0.562. The van der Waals surface area contributed by atoms with Gasteiger partial charge >= 0.3 is 0 Å². The molecule has 0 radical (unpaired) electrons. The van der Waals surface area contributed by atoms with Gasteiger partial charge in [0.1, 0.15) is 5.82 Å². The number of piperidine rings is 2. The van der Waals surface area contributed by atoms with Gasteiger partial charge in [-0.3, -0.25) is 4.79 Å². The number of hydrogen-bond donors (Lipinski definition) is 0. The van der Waals surface area contributed by atoms with E-state index in [0.717, 1.165) is 25.3 Å². The molecule has 2 saturated heterocycles. The Bertz CT molecular complexity index is 561. The van der Waals surface area contributed by atoms with Crippen LogP contribution < -0.4 is 0 Å². The van der Waals surface area contributed by atoms with Gasteiger partial charge in [0.05, 0.1) is 5.56 Å². The van der Waals surface area contributed by atoms with E-state index in [1.807, 2.05) is 0 Å². The van der Waals surface area contributed by atoms with Gasteiger partial charge in [-0.05, 0) is 38.8 Å². The number of nitrogens with zero attached hydrogens (tertiary/aromatic N) is 1. The molecular formula is C16H18F3NO. The monoisotopic (exact) mass is 297 g/mol. The second-order valence-corrected chi connectivity index (χ2v) is 6.19. The first-order chi connectivity index (χ1) is 9.97. The molecule has 2 fully saturated rings. The summed E-state index contributed by atoms with van der Waals surface area (Å²) in [5.41, 5.74) is -0.444. The zero-order chi connectivity index (χ0) is 15.1. The van der Waals surface area contributed by atoms with Crippen LogP contribution in [0.15, 0.2) is 12.1 Å². The summed E-state index contributed by atoms with van der Waals surface area (Å²) in [6.45, 7) is 0. The van der Waals surface area contributed by atoms with E-state index in [0.29, 0.717) is 31.0 Å². The standard InChI is InChI=1S/C16H18F3NO/c1-20-11-3-2-4-12(20)6-9(5-11)16(21)13-7-10(17)8-14(18)15(13)19/h7-9,11-12H,2-6H2,1H3. The third-order valence-corrected chi connectivity index (χ3v) is 4.97. The van der Waals surface area contributed by atoms with Gasteiger partial charge in [0, 0.05) is 24.1 Å². The van der Waals surface area contributed by atoms with Crippen LogP contribution in [-0.4, -0.2) is 29.8 Å². The van der Waals surface area contributed by atoms with E-state index in [9.17, 15) is 18.0 Å². The van der Waals surface area contributed by atoms with Crippen molar-refractivity contribution >= 4 is 5.78 Å². The minimum atomic E-state index is -1.30. The van der Waals surface area contributed by atoms with Crippen molar-refractivity contribution in [3.05, 3.63) is 35.1 Å². The minimum Gasteiger partial charge on any atom is -0.300 e. The molecule has 2 heterocycles. The third kappa shape index (κ3) is 2.59. The van der Waals surface area contributed by atoms with Crippen LogP contribution in [-0.2, 0) is 0 Å². The Hall–Kier alpha value is -1.36. The Labute approximate surface area is 121 Å². The highest BCUT2D eigenvalue weighted by molar-refractivity contribution is 5.98. The highest BCUT2D eigenvalue weighted by atomic mass is 19.2. The number of benzene rings is 1. The van der Waals surface area contributed by atoms with Crippen LogP contribution in [0.25, 0.3) is 0 Å². The molecule has 0 aliphatic carbocycles. The van der Waals surface area contributed by atoms with Crippen LogP contribution in [0.3, 0.4) is 0 Å². The third-order valence-electron chi connectivity index (χ3n) is 4.97. The summed E-state index contributed by atoms with van der Waals surface area (Å²) in [7, 11) is 2.05. The first-order valence-electron chi connectivity index (χ1n) is 7.38. The summed E-state index contributed by atoms with van der Waals surface area (Å²) in [6, 6.07) is 1.91. The van der Waals surface area contributed by atoms with E-state index in [2.05, 4.69) is 11.9 Å². The number of fused-ring (bicyclic) bond motifs is 2. The van der Waals surface area contributed by atoms with Crippen LogP contribution >= 0.6 is 0 Å². The van der Waals surface area contributed by atoms with E-state index in [4.69, 9.17) is 0 Å². The van der Waals surface area contributed by atoms with Gasteiger partial charge in [-0.15, -0.1) is 0 Å². The molecule has 2 aliphatic rings. The van der Waals surface area contributed by atoms with Crippen molar-refractivity contribution in [1.29, 1.82) is 0 Å². The molecule has 0 spiro atoms. The van der Waals surface area contributed by atoms with Crippen molar-refractivity contribution in [3.63, 3.8) is 0 Å². The molecule has 0 amide bonds. The molecule has 2 aliphatic heterocycles. The molecule has 1 aromatic carbocycles. The fourth-order valence-electron chi connectivity index (χ4n) is 3.79. The summed E-state index contributed by atoms with van der Waals surface area (Å²) in [4.78, 5) is 14.8. The second kappa shape index (κ2) is 5.44. The Morgan fingerprint density at radius 3 is 2.38 bits per heavy atom.